The fraction of sp³-hybridized carbons (Fsp3) is 0.786. The van der Waals surface area contributed by atoms with Crippen LogP contribution in [0.2, 0.25) is 0 Å². The molecule has 1 N–H and O–H groups in total. The summed E-state index contributed by atoms with van der Waals surface area (Å²) in [6, 6.07) is 0.773. The van der Waals surface area contributed by atoms with Crippen LogP contribution in [0.4, 0.5) is 5.13 Å². The summed E-state index contributed by atoms with van der Waals surface area (Å²) < 4.78 is 0.851. The van der Waals surface area contributed by atoms with Crippen LogP contribution >= 0.6 is 23.1 Å². The number of anilines is 1. The second kappa shape index (κ2) is 7.98. The summed E-state index contributed by atoms with van der Waals surface area (Å²) in [6.07, 6.45) is 6.10. The van der Waals surface area contributed by atoms with Gasteiger partial charge in [0, 0.05) is 19.1 Å². The Kier molecular flexibility index (Phi) is 6.29. The molecule has 1 aliphatic carbocycles. The molecule has 21 heavy (non-hydrogen) atoms. The third-order valence-corrected chi connectivity index (χ3v) is 5.63. The number of thioether (sulfide) groups is 1. The maximum Gasteiger partial charge on any atom is 0.233 e. The van der Waals surface area contributed by atoms with Gasteiger partial charge >= 0.3 is 0 Å². The maximum atomic E-state index is 12.2. The quantitative estimate of drug-likeness (QED) is 0.812. The molecule has 1 aromatic heterocycles. The van der Waals surface area contributed by atoms with E-state index in [4.69, 9.17) is 0 Å². The average molecular weight is 329 g/mol. The second-order valence-corrected chi connectivity index (χ2v) is 7.96. The van der Waals surface area contributed by atoms with E-state index in [1.807, 2.05) is 11.9 Å². The van der Waals surface area contributed by atoms with Crippen molar-refractivity contribution >= 4 is 34.1 Å². The molecule has 0 saturated heterocycles. The number of amides is 1. The van der Waals surface area contributed by atoms with E-state index in [2.05, 4.69) is 29.4 Å². The zero-order valence-electron chi connectivity index (χ0n) is 13.0. The maximum absolute atomic E-state index is 12.2. The Balaban J connectivity index is 1.78. The number of carbonyl (C=O) groups excluding carboxylic acids is 1. The van der Waals surface area contributed by atoms with E-state index >= 15 is 0 Å². The standard InChI is InChI=1S/C14H24N4OS2/c1-10(2)15-13-16-17-14(21-13)20-9-12(19)18(3)11-7-5-4-6-8-11/h10-11H,4-9H2,1-3H3,(H,15,16). The lowest BCUT2D eigenvalue weighted by Gasteiger charge is -2.31. The minimum atomic E-state index is 0.195. The normalized spacial score (nSPS) is 16.2. The number of carbonyl (C=O) groups is 1. The van der Waals surface area contributed by atoms with Gasteiger partial charge in [0.2, 0.25) is 11.0 Å². The van der Waals surface area contributed by atoms with Crippen molar-refractivity contribution in [1.29, 1.82) is 0 Å². The van der Waals surface area contributed by atoms with Gasteiger partial charge in [0.1, 0.15) is 0 Å². The third-order valence-electron chi connectivity index (χ3n) is 3.65. The van der Waals surface area contributed by atoms with Crippen LogP contribution in [0.5, 0.6) is 0 Å². The van der Waals surface area contributed by atoms with Crippen LogP contribution in [0.3, 0.4) is 0 Å². The smallest absolute Gasteiger partial charge is 0.233 e. The summed E-state index contributed by atoms with van der Waals surface area (Å²) in [5, 5.41) is 12.2. The fourth-order valence-corrected chi connectivity index (χ4v) is 4.29. The predicted molar refractivity (Wildman–Crippen MR) is 89.0 cm³/mol. The van der Waals surface area contributed by atoms with E-state index in [9.17, 15) is 4.79 Å². The first-order valence-electron chi connectivity index (χ1n) is 7.54. The molecular weight excluding hydrogens is 304 g/mol. The third kappa shape index (κ3) is 5.14. The van der Waals surface area contributed by atoms with E-state index in [0.29, 0.717) is 17.8 Å². The monoisotopic (exact) mass is 328 g/mol. The van der Waals surface area contributed by atoms with Gasteiger partial charge in [0.15, 0.2) is 4.34 Å². The van der Waals surface area contributed by atoms with Crippen molar-refractivity contribution in [1.82, 2.24) is 15.1 Å². The fourth-order valence-electron chi connectivity index (χ4n) is 2.47. The van der Waals surface area contributed by atoms with Crippen LogP contribution in [0.25, 0.3) is 0 Å². The molecule has 0 bridgehead atoms. The lowest BCUT2D eigenvalue weighted by atomic mass is 9.94. The van der Waals surface area contributed by atoms with Gasteiger partial charge in [-0.05, 0) is 26.7 Å². The lowest BCUT2D eigenvalue weighted by Crippen LogP contribution is -2.39. The van der Waals surface area contributed by atoms with Crippen molar-refractivity contribution < 1.29 is 4.79 Å². The first-order chi connectivity index (χ1) is 10.1. The molecule has 1 aliphatic rings. The van der Waals surface area contributed by atoms with Crippen LogP contribution in [-0.2, 0) is 4.79 Å². The molecule has 2 rings (SSSR count). The Morgan fingerprint density at radius 1 is 1.38 bits per heavy atom. The summed E-state index contributed by atoms with van der Waals surface area (Å²) in [7, 11) is 1.94. The lowest BCUT2D eigenvalue weighted by molar-refractivity contribution is -0.129. The van der Waals surface area contributed by atoms with Crippen molar-refractivity contribution in [3.05, 3.63) is 0 Å². The number of nitrogens with one attached hydrogen (secondary N) is 1. The van der Waals surface area contributed by atoms with Gasteiger partial charge in [-0.15, -0.1) is 10.2 Å². The van der Waals surface area contributed by atoms with Gasteiger partial charge in [-0.2, -0.15) is 0 Å². The van der Waals surface area contributed by atoms with E-state index in [1.54, 1.807) is 0 Å². The molecule has 1 fully saturated rings. The van der Waals surface area contributed by atoms with Gasteiger partial charge in [-0.25, -0.2) is 0 Å². The molecule has 0 radical (unpaired) electrons. The highest BCUT2D eigenvalue weighted by Gasteiger charge is 2.22. The predicted octanol–water partition coefficient (Wildman–Crippen LogP) is 3.24. The molecule has 1 aromatic rings. The zero-order chi connectivity index (χ0) is 15.2. The summed E-state index contributed by atoms with van der Waals surface area (Å²) in [5.41, 5.74) is 0. The molecule has 7 heteroatoms. The molecule has 5 nitrogen and oxygen atoms in total. The summed E-state index contributed by atoms with van der Waals surface area (Å²) in [5.74, 6) is 0.643. The Hall–Kier alpha value is -0.820. The molecule has 0 atom stereocenters. The summed E-state index contributed by atoms with van der Waals surface area (Å²) in [6.45, 7) is 4.13. The van der Waals surface area contributed by atoms with Gasteiger partial charge < -0.3 is 10.2 Å². The van der Waals surface area contributed by atoms with Crippen molar-refractivity contribution in [2.24, 2.45) is 0 Å². The van der Waals surface area contributed by atoms with Gasteiger partial charge in [0.05, 0.1) is 5.75 Å². The number of hydrogen-bond donors (Lipinski definition) is 1. The topological polar surface area (TPSA) is 58.1 Å². The van der Waals surface area contributed by atoms with Crippen molar-refractivity contribution in [3.63, 3.8) is 0 Å². The van der Waals surface area contributed by atoms with Crippen molar-refractivity contribution in [2.75, 3.05) is 18.1 Å². The average Bonchev–Trinajstić information content (AvgIpc) is 2.91. The molecule has 1 saturated carbocycles. The molecule has 0 unspecified atom stereocenters. The number of nitrogens with zero attached hydrogens (tertiary/aromatic N) is 3. The molecule has 0 aromatic carbocycles. The van der Waals surface area contributed by atoms with Crippen LogP contribution < -0.4 is 5.32 Å². The van der Waals surface area contributed by atoms with Crippen LogP contribution in [-0.4, -0.2) is 45.9 Å². The first-order valence-corrected chi connectivity index (χ1v) is 9.35. The molecule has 0 spiro atoms. The number of hydrogen-bond acceptors (Lipinski definition) is 6. The van der Waals surface area contributed by atoms with Crippen LogP contribution in [0.15, 0.2) is 4.34 Å². The molecule has 1 heterocycles. The van der Waals surface area contributed by atoms with Crippen LogP contribution in [0.1, 0.15) is 46.0 Å². The van der Waals surface area contributed by atoms with E-state index < -0.39 is 0 Å². The highest BCUT2D eigenvalue weighted by molar-refractivity contribution is 8.01. The zero-order valence-corrected chi connectivity index (χ0v) is 14.6. The summed E-state index contributed by atoms with van der Waals surface area (Å²) in [4.78, 5) is 14.2. The second-order valence-electron chi connectivity index (χ2n) is 5.76. The largest absolute Gasteiger partial charge is 0.358 e. The minimum absolute atomic E-state index is 0.195. The SMILES string of the molecule is CC(C)Nc1nnc(SCC(=O)N(C)C2CCCCC2)s1. The summed E-state index contributed by atoms with van der Waals surface area (Å²) >= 11 is 2.99. The molecule has 118 valence electrons. The molecule has 1 amide bonds. The Bertz CT molecular complexity index is 458. The van der Waals surface area contributed by atoms with Gasteiger partial charge in [0.25, 0.3) is 0 Å². The Morgan fingerprint density at radius 3 is 2.76 bits per heavy atom. The number of aromatic nitrogens is 2. The van der Waals surface area contributed by atoms with Gasteiger partial charge in [-0.1, -0.05) is 42.4 Å². The van der Waals surface area contributed by atoms with Crippen molar-refractivity contribution in [2.45, 2.75) is 62.4 Å². The number of rotatable bonds is 6. The van der Waals surface area contributed by atoms with E-state index in [0.717, 1.165) is 22.3 Å². The minimum Gasteiger partial charge on any atom is -0.358 e. The van der Waals surface area contributed by atoms with E-state index in [-0.39, 0.29) is 5.91 Å². The van der Waals surface area contributed by atoms with E-state index in [1.165, 1.54) is 42.4 Å². The Labute approximate surface area is 134 Å². The Morgan fingerprint density at radius 2 is 2.10 bits per heavy atom. The first kappa shape index (κ1) is 16.5. The van der Waals surface area contributed by atoms with Crippen LogP contribution in [0, 0.1) is 0 Å². The molecular formula is C14H24N4OS2. The molecule has 0 aliphatic heterocycles. The van der Waals surface area contributed by atoms with Gasteiger partial charge in [-0.3, -0.25) is 4.79 Å². The highest BCUT2D eigenvalue weighted by Crippen LogP contribution is 2.27. The highest BCUT2D eigenvalue weighted by atomic mass is 32.2. The van der Waals surface area contributed by atoms with Crippen molar-refractivity contribution in [3.8, 4) is 0 Å².